The van der Waals surface area contributed by atoms with Crippen LogP contribution in [0.5, 0.6) is 0 Å². The highest BCUT2D eigenvalue weighted by molar-refractivity contribution is 7.17. The molecule has 5 rings (SSSR count). The first kappa shape index (κ1) is 13.9. The van der Waals surface area contributed by atoms with Gasteiger partial charge in [0.2, 0.25) is 5.82 Å². The van der Waals surface area contributed by atoms with Gasteiger partial charge in [0.1, 0.15) is 5.69 Å². The van der Waals surface area contributed by atoms with E-state index in [9.17, 15) is 0 Å². The molecule has 2 N–H and O–H groups in total. The van der Waals surface area contributed by atoms with Crippen molar-refractivity contribution < 1.29 is 4.52 Å². The van der Waals surface area contributed by atoms with Gasteiger partial charge in [0, 0.05) is 24.0 Å². The minimum absolute atomic E-state index is 0.513. The normalized spacial score (nSPS) is 14.2. The van der Waals surface area contributed by atoms with Gasteiger partial charge in [0.25, 0.3) is 5.89 Å². The van der Waals surface area contributed by atoms with Crippen molar-refractivity contribution in [3.63, 3.8) is 0 Å². The summed E-state index contributed by atoms with van der Waals surface area (Å²) in [4.78, 5) is 12.5. The van der Waals surface area contributed by atoms with E-state index in [1.54, 1.807) is 11.3 Å². The Hall–Kier alpha value is -2.51. The Morgan fingerprint density at radius 1 is 1.33 bits per heavy atom. The first-order chi connectivity index (χ1) is 11.8. The van der Waals surface area contributed by atoms with Crippen molar-refractivity contribution in [2.75, 3.05) is 6.54 Å². The van der Waals surface area contributed by atoms with Crippen LogP contribution in [0.3, 0.4) is 0 Å². The first-order valence-corrected chi connectivity index (χ1v) is 8.76. The average molecular weight is 337 g/mol. The third kappa shape index (κ3) is 2.09. The maximum atomic E-state index is 5.52. The minimum Gasteiger partial charge on any atom is -0.350 e. The fraction of sp³-hybridized carbons (Fsp3) is 0.235. The maximum Gasteiger partial charge on any atom is 0.274 e. The molecule has 24 heavy (non-hydrogen) atoms. The molecule has 1 aliphatic rings. The van der Waals surface area contributed by atoms with Crippen molar-refractivity contribution >= 4 is 21.6 Å². The number of nitrogens with zero attached hydrogens (tertiary/aromatic N) is 3. The number of thiophene rings is 1. The van der Waals surface area contributed by atoms with Crippen molar-refractivity contribution in [3.05, 3.63) is 40.5 Å². The summed E-state index contributed by atoms with van der Waals surface area (Å²) in [6, 6.07) is 4.10. The van der Waals surface area contributed by atoms with E-state index >= 15 is 0 Å². The van der Waals surface area contributed by atoms with Crippen molar-refractivity contribution in [1.29, 1.82) is 0 Å². The molecule has 4 aromatic rings. The number of hydrogen-bond acceptors (Lipinski definition) is 6. The lowest BCUT2D eigenvalue weighted by molar-refractivity contribution is 0.431. The molecule has 1 aliphatic heterocycles. The molecule has 120 valence electrons. The Balaban J connectivity index is 1.61. The molecule has 0 spiro atoms. The van der Waals surface area contributed by atoms with Crippen LogP contribution in [0.4, 0.5) is 0 Å². The van der Waals surface area contributed by atoms with Crippen molar-refractivity contribution in [1.82, 2.24) is 25.4 Å². The molecule has 0 amide bonds. The third-order valence-corrected chi connectivity index (χ3v) is 5.32. The van der Waals surface area contributed by atoms with Crippen LogP contribution >= 0.6 is 11.3 Å². The van der Waals surface area contributed by atoms with Crippen LogP contribution in [0.2, 0.25) is 0 Å². The predicted octanol–water partition coefficient (Wildman–Crippen LogP) is 3.30. The van der Waals surface area contributed by atoms with Gasteiger partial charge in [0.15, 0.2) is 0 Å². The number of fused-ring (bicyclic) bond motifs is 2. The average Bonchev–Trinajstić information content (AvgIpc) is 3.29. The van der Waals surface area contributed by atoms with Gasteiger partial charge in [-0.1, -0.05) is 5.16 Å². The first-order valence-electron chi connectivity index (χ1n) is 7.88. The zero-order valence-corrected chi connectivity index (χ0v) is 13.9. The number of aromatic amines is 1. The highest BCUT2D eigenvalue weighted by Gasteiger charge is 2.21. The van der Waals surface area contributed by atoms with Crippen molar-refractivity contribution in [2.45, 2.75) is 19.9 Å². The summed E-state index contributed by atoms with van der Waals surface area (Å²) in [6.45, 7) is 3.80. The SMILES string of the molecule is Cc1ncc2c(c1-c1noc(-c3cc4sccc4[nH]3)n1)CCNC2. The van der Waals surface area contributed by atoms with E-state index in [2.05, 4.69) is 36.9 Å². The second kappa shape index (κ2) is 5.25. The van der Waals surface area contributed by atoms with E-state index < -0.39 is 0 Å². The molecular weight excluding hydrogens is 322 g/mol. The molecule has 0 unspecified atom stereocenters. The van der Waals surface area contributed by atoms with Crippen LogP contribution in [0.15, 0.2) is 28.2 Å². The molecule has 0 aliphatic carbocycles. The molecular formula is C17H15N5OS. The van der Waals surface area contributed by atoms with E-state index in [-0.39, 0.29) is 0 Å². The number of aryl methyl sites for hydroxylation is 1. The highest BCUT2D eigenvalue weighted by Crippen LogP contribution is 2.31. The fourth-order valence-corrected chi connectivity index (χ4v) is 4.05. The van der Waals surface area contributed by atoms with E-state index in [0.717, 1.165) is 42.0 Å². The van der Waals surface area contributed by atoms with Crippen LogP contribution in [-0.2, 0) is 13.0 Å². The molecule has 0 atom stereocenters. The fourth-order valence-electron chi connectivity index (χ4n) is 3.27. The lowest BCUT2D eigenvalue weighted by Crippen LogP contribution is -2.24. The van der Waals surface area contributed by atoms with Gasteiger partial charge in [-0.2, -0.15) is 4.98 Å². The summed E-state index contributed by atoms with van der Waals surface area (Å²) in [5, 5.41) is 9.66. The second-order valence-corrected chi connectivity index (χ2v) is 6.90. The Morgan fingerprint density at radius 2 is 2.29 bits per heavy atom. The quantitative estimate of drug-likeness (QED) is 0.587. The zero-order valence-electron chi connectivity index (χ0n) is 13.1. The van der Waals surface area contributed by atoms with E-state index in [4.69, 9.17) is 4.52 Å². The maximum absolute atomic E-state index is 5.52. The molecule has 0 bridgehead atoms. The van der Waals surface area contributed by atoms with Gasteiger partial charge >= 0.3 is 0 Å². The summed E-state index contributed by atoms with van der Waals surface area (Å²) < 4.78 is 6.70. The topological polar surface area (TPSA) is 79.6 Å². The van der Waals surface area contributed by atoms with E-state index in [1.807, 2.05) is 19.2 Å². The number of hydrogen-bond donors (Lipinski definition) is 2. The van der Waals surface area contributed by atoms with Crippen LogP contribution in [0, 0.1) is 6.92 Å². The van der Waals surface area contributed by atoms with Gasteiger partial charge in [0.05, 0.1) is 10.2 Å². The molecule has 5 heterocycles. The number of rotatable bonds is 2. The monoisotopic (exact) mass is 337 g/mol. The van der Waals surface area contributed by atoms with Crippen LogP contribution in [-0.4, -0.2) is 26.7 Å². The smallest absolute Gasteiger partial charge is 0.274 e. The molecule has 4 aromatic heterocycles. The van der Waals surface area contributed by atoms with Crippen LogP contribution in [0.1, 0.15) is 16.8 Å². The number of H-pyrrole nitrogens is 1. The summed E-state index contributed by atoms with van der Waals surface area (Å²) in [7, 11) is 0. The molecule has 0 fully saturated rings. The molecule has 0 aromatic carbocycles. The zero-order chi connectivity index (χ0) is 16.1. The molecule has 0 saturated carbocycles. The molecule has 0 radical (unpaired) electrons. The van der Waals surface area contributed by atoms with Crippen LogP contribution in [0.25, 0.3) is 33.2 Å². The molecule has 6 nitrogen and oxygen atoms in total. The highest BCUT2D eigenvalue weighted by atomic mass is 32.1. The lowest BCUT2D eigenvalue weighted by Gasteiger charge is -2.19. The lowest BCUT2D eigenvalue weighted by atomic mass is 9.95. The van der Waals surface area contributed by atoms with Gasteiger partial charge < -0.3 is 14.8 Å². The summed E-state index contributed by atoms with van der Waals surface area (Å²) >= 11 is 1.69. The summed E-state index contributed by atoms with van der Waals surface area (Å²) in [5.74, 6) is 1.13. The van der Waals surface area contributed by atoms with Crippen molar-refractivity contribution in [2.24, 2.45) is 0 Å². The van der Waals surface area contributed by atoms with Gasteiger partial charge in [-0.3, -0.25) is 4.98 Å². The van der Waals surface area contributed by atoms with Crippen LogP contribution < -0.4 is 5.32 Å². The van der Waals surface area contributed by atoms with Gasteiger partial charge in [-0.25, -0.2) is 0 Å². The molecule has 0 saturated heterocycles. The van der Waals surface area contributed by atoms with E-state index in [0.29, 0.717) is 11.7 Å². The second-order valence-electron chi connectivity index (χ2n) is 5.95. The van der Waals surface area contributed by atoms with Gasteiger partial charge in [-0.05, 0) is 48.5 Å². The standard InChI is InChI=1S/C17H15N5OS/c1-9-15(11-2-4-18-7-10(11)8-19-9)16-21-17(23-22-16)13-6-14-12(20-13)3-5-24-14/h3,5-6,8,18,20H,2,4,7H2,1H3. The molecule has 7 heteroatoms. The number of aromatic nitrogens is 4. The van der Waals surface area contributed by atoms with E-state index in [1.165, 1.54) is 15.8 Å². The Kier molecular flexibility index (Phi) is 3.04. The van der Waals surface area contributed by atoms with Gasteiger partial charge in [-0.15, -0.1) is 11.3 Å². The van der Waals surface area contributed by atoms with Crippen molar-refractivity contribution in [3.8, 4) is 23.0 Å². The summed E-state index contributed by atoms with van der Waals surface area (Å²) in [6.07, 6.45) is 2.90. The summed E-state index contributed by atoms with van der Waals surface area (Å²) in [5.41, 5.74) is 6.39. The Morgan fingerprint density at radius 3 is 3.21 bits per heavy atom. The Bertz CT molecular complexity index is 1020. The third-order valence-electron chi connectivity index (χ3n) is 4.45. The Labute approximate surface area is 141 Å². The minimum atomic E-state index is 0.513. The number of nitrogens with one attached hydrogen (secondary N) is 2. The predicted molar refractivity (Wildman–Crippen MR) is 92.8 cm³/mol. The number of pyridine rings is 1. The largest absolute Gasteiger partial charge is 0.350 e.